The first kappa shape index (κ1) is 22.2. The molecule has 3 aromatic rings. The number of halogens is 3. The molecule has 31 heavy (non-hydrogen) atoms. The van der Waals surface area contributed by atoms with Crippen LogP contribution in [0.2, 0.25) is 0 Å². The van der Waals surface area contributed by atoms with E-state index in [4.69, 9.17) is 4.74 Å². The molecule has 3 rings (SSSR count). The Morgan fingerprint density at radius 2 is 1.81 bits per heavy atom. The van der Waals surface area contributed by atoms with Gasteiger partial charge in [0.25, 0.3) is 5.91 Å². The predicted molar refractivity (Wildman–Crippen MR) is 106 cm³/mol. The van der Waals surface area contributed by atoms with E-state index >= 15 is 0 Å². The first-order valence-electron chi connectivity index (χ1n) is 9.29. The second-order valence-corrected chi connectivity index (χ2v) is 7.31. The number of aromatic nitrogens is 2. The maximum Gasteiger partial charge on any atom is 0.416 e. The SMILES string of the molecule is CC(C)(O)c1ccc(CNC(=O)c2cncnc2Oc2cccc(C(F)(F)F)c2)cc1. The van der Waals surface area contributed by atoms with Gasteiger partial charge in [-0.15, -0.1) is 0 Å². The molecule has 6 nitrogen and oxygen atoms in total. The highest BCUT2D eigenvalue weighted by Crippen LogP contribution is 2.32. The Balaban J connectivity index is 1.72. The second-order valence-electron chi connectivity index (χ2n) is 7.31. The van der Waals surface area contributed by atoms with Gasteiger partial charge in [0.1, 0.15) is 17.6 Å². The van der Waals surface area contributed by atoms with Crippen molar-refractivity contribution >= 4 is 5.91 Å². The summed E-state index contributed by atoms with van der Waals surface area (Å²) >= 11 is 0. The van der Waals surface area contributed by atoms with Crippen LogP contribution >= 0.6 is 0 Å². The number of aliphatic hydroxyl groups is 1. The van der Waals surface area contributed by atoms with Crippen molar-refractivity contribution in [1.29, 1.82) is 0 Å². The number of carbonyl (C=O) groups is 1. The van der Waals surface area contributed by atoms with Gasteiger partial charge in [0.15, 0.2) is 0 Å². The number of hydrogen-bond acceptors (Lipinski definition) is 5. The molecule has 0 saturated heterocycles. The van der Waals surface area contributed by atoms with Gasteiger partial charge in [-0.1, -0.05) is 30.3 Å². The van der Waals surface area contributed by atoms with Crippen LogP contribution in [0.15, 0.2) is 61.1 Å². The van der Waals surface area contributed by atoms with Crippen LogP contribution in [0.5, 0.6) is 11.6 Å². The third kappa shape index (κ3) is 5.79. The molecule has 1 heterocycles. The standard InChI is InChI=1S/C22H20F3N3O3/c1-21(2,30)15-8-6-14(7-9-15)11-27-19(29)18-12-26-13-28-20(18)31-17-5-3-4-16(10-17)22(23,24)25/h3-10,12-13,30H,11H2,1-2H3,(H,27,29). The topological polar surface area (TPSA) is 84.3 Å². The number of nitrogens with zero attached hydrogens (tertiary/aromatic N) is 2. The Bertz CT molecular complexity index is 1060. The van der Waals surface area contributed by atoms with Crippen molar-refractivity contribution in [3.63, 3.8) is 0 Å². The Kier molecular flexibility index (Phi) is 6.26. The van der Waals surface area contributed by atoms with Crippen LogP contribution in [-0.2, 0) is 18.3 Å². The van der Waals surface area contributed by atoms with Crippen molar-refractivity contribution in [3.8, 4) is 11.6 Å². The Hall–Kier alpha value is -3.46. The number of benzene rings is 2. The van der Waals surface area contributed by atoms with E-state index in [1.54, 1.807) is 38.1 Å². The molecular formula is C22H20F3N3O3. The molecule has 0 saturated carbocycles. The molecule has 2 N–H and O–H groups in total. The normalized spacial score (nSPS) is 11.8. The molecule has 162 valence electrons. The van der Waals surface area contributed by atoms with Gasteiger partial charge in [-0.25, -0.2) is 9.97 Å². The van der Waals surface area contributed by atoms with Crippen molar-refractivity contribution < 1.29 is 27.8 Å². The molecular weight excluding hydrogens is 411 g/mol. The number of amides is 1. The van der Waals surface area contributed by atoms with Crippen LogP contribution in [-0.4, -0.2) is 21.0 Å². The van der Waals surface area contributed by atoms with Gasteiger partial charge in [0, 0.05) is 12.7 Å². The predicted octanol–water partition coefficient (Wildman–Crippen LogP) is 4.45. The summed E-state index contributed by atoms with van der Waals surface area (Å²) < 4.78 is 44.2. The van der Waals surface area contributed by atoms with Crippen LogP contribution < -0.4 is 10.1 Å². The highest BCUT2D eigenvalue weighted by Gasteiger charge is 2.30. The van der Waals surface area contributed by atoms with Gasteiger partial charge in [-0.3, -0.25) is 4.79 Å². The zero-order valence-corrected chi connectivity index (χ0v) is 16.8. The molecule has 0 unspecified atom stereocenters. The minimum absolute atomic E-state index is 0.0203. The third-order valence-corrected chi connectivity index (χ3v) is 4.41. The van der Waals surface area contributed by atoms with E-state index in [2.05, 4.69) is 15.3 Å². The molecule has 1 amide bonds. The highest BCUT2D eigenvalue weighted by atomic mass is 19.4. The fourth-order valence-corrected chi connectivity index (χ4v) is 2.71. The summed E-state index contributed by atoms with van der Waals surface area (Å²) in [7, 11) is 0. The summed E-state index contributed by atoms with van der Waals surface area (Å²) in [6.07, 6.45) is -2.16. The zero-order chi connectivity index (χ0) is 22.6. The van der Waals surface area contributed by atoms with E-state index in [0.29, 0.717) is 0 Å². The van der Waals surface area contributed by atoms with Gasteiger partial charge in [0.05, 0.1) is 11.2 Å². The van der Waals surface area contributed by atoms with Crippen molar-refractivity contribution in [3.05, 3.63) is 83.3 Å². The number of rotatable bonds is 6. The molecule has 0 aliphatic heterocycles. The quantitative estimate of drug-likeness (QED) is 0.603. The van der Waals surface area contributed by atoms with Gasteiger partial charge in [-0.05, 0) is 43.2 Å². The average Bonchev–Trinajstić information content (AvgIpc) is 2.72. The van der Waals surface area contributed by atoms with E-state index in [1.165, 1.54) is 18.3 Å². The van der Waals surface area contributed by atoms with E-state index < -0.39 is 23.2 Å². The van der Waals surface area contributed by atoms with Crippen LogP contribution in [0.4, 0.5) is 13.2 Å². The van der Waals surface area contributed by atoms with E-state index in [9.17, 15) is 23.1 Å². The Labute approximate surface area is 176 Å². The van der Waals surface area contributed by atoms with E-state index in [0.717, 1.165) is 29.6 Å². The minimum Gasteiger partial charge on any atom is -0.438 e. The summed E-state index contributed by atoms with van der Waals surface area (Å²) in [6, 6.07) is 11.4. The first-order chi connectivity index (χ1) is 14.5. The molecule has 2 aromatic carbocycles. The maximum absolute atomic E-state index is 12.9. The van der Waals surface area contributed by atoms with Crippen LogP contribution in [0.3, 0.4) is 0 Å². The van der Waals surface area contributed by atoms with E-state index in [1.807, 2.05) is 0 Å². The number of hydrogen-bond donors (Lipinski definition) is 2. The molecule has 0 radical (unpaired) electrons. The lowest BCUT2D eigenvalue weighted by Gasteiger charge is -2.18. The van der Waals surface area contributed by atoms with E-state index in [-0.39, 0.29) is 23.7 Å². The zero-order valence-electron chi connectivity index (χ0n) is 16.8. The lowest BCUT2D eigenvalue weighted by molar-refractivity contribution is -0.137. The van der Waals surface area contributed by atoms with Gasteiger partial charge in [-0.2, -0.15) is 13.2 Å². The lowest BCUT2D eigenvalue weighted by Crippen LogP contribution is -2.24. The van der Waals surface area contributed by atoms with Crippen LogP contribution in [0.25, 0.3) is 0 Å². The third-order valence-electron chi connectivity index (χ3n) is 4.41. The number of carbonyl (C=O) groups excluding carboxylic acids is 1. The van der Waals surface area contributed by atoms with Crippen molar-refractivity contribution in [2.24, 2.45) is 0 Å². The maximum atomic E-state index is 12.9. The molecule has 9 heteroatoms. The van der Waals surface area contributed by atoms with Crippen molar-refractivity contribution in [2.75, 3.05) is 0 Å². The summed E-state index contributed by atoms with van der Waals surface area (Å²) in [5.74, 6) is -0.817. The van der Waals surface area contributed by atoms with Gasteiger partial charge < -0.3 is 15.2 Å². The second kappa shape index (κ2) is 8.73. The minimum atomic E-state index is -4.52. The highest BCUT2D eigenvalue weighted by molar-refractivity contribution is 5.96. The monoisotopic (exact) mass is 431 g/mol. The van der Waals surface area contributed by atoms with Crippen LogP contribution in [0, 0.1) is 0 Å². The fraction of sp³-hybridized carbons (Fsp3) is 0.227. The molecule has 0 atom stereocenters. The number of alkyl halides is 3. The molecule has 0 bridgehead atoms. The number of nitrogens with one attached hydrogen (secondary N) is 1. The Morgan fingerprint density at radius 3 is 2.45 bits per heavy atom. The van der Waals surface area contributed by atoms with Crippen LogP contribution in [0.1, 0.15) is 40.9 Å². The average molecular weight is 431 g/mol. The largest absolute Gasteiger partial charge is 0.438 e. The molecule has 0 aliphatic carbocycles. The molecule has 0 fully saturated rings. The van der Waals surface area contributed by atoms with Crippen molar-refractivity contribution in [2.45, 2.75) is 32.2 Å². The molecule has 1 aromatic heterocycles. The van der Waals surface area contributed by atoms with Gasteiger partial charge >= 0.3 is 6.18 Å². The first-order valence-corrected chi connectivity index (χ1v) is 9.29. The number of ether oxygens (including phenoxy) is 1. The lowest BCUT2D eigenvalue weighted by atomic mass is 9.97. The Morgan fingerprint density at radius 1 is 1.10 bits per heavy atom. The summed E-state index contributed by atoms with van der Waals surface area (Å²) in [4.78, 5) is 20.3. The summed E-state index contributed by atoms with van der Waals surface area (Å²) in [5.41, 5.74) is -0.347. The fourth-order valence-electron chi connectivity index (χ4n) is 2.71. The van der Waals surface area contributed by atoms with Gasteiger partial charge in [0.2, 0.25) is 5.88 Å². The molecule has 0 spiro atoms. The van der Waals surface area contributed by atoms with Crippen molar-refractivity contribution in [1.82, 2.24) is 15.3 Å². The smallest absolute Gasteiger partial charge is 0.416 e. The molecule has 0 aliphatic rings. The summed E-state index contributed by atoms with van der Waals surface area (Å²) in [5, 5.41) is 12.7. The summed E-state index contributed by atoms with van der Waals surface area (Å²) in [6.45, 7) is 3.53.